The summed E-state index contributed by atoms with van der Waals surface area (Å²) in [7, 11) is -2.23. The second-order valence-corrected chi connectivity index (χ2v) is 7.53. The normalized spacial score (nSPS) is 12.0. The highest BCUT2D eigenvalue weighted by molar-refractivity contribution is 7.93. The van der Waals surface area contributed by atoms with Gasteiger partial charge in [0.15, 0.2) is 5.13 Å². The molecule has 0 aliphatic heterocycles. The predicted molar refractivity (Wildman–Crippen MR) is 83.4 cm³/mol. The number of halogens is 1. The van der Waals surface area contributed by atoms with Crippen molar-refractivity contribution in [1.82, 2.24) is 14.5 Å². The highest BCUT2D eigenvalue weighted by Gasteiger charge is 2.23. The average molecular weight is 343 g/mol. The molecule has 2 aromatic heterocycles. The molecule has 110 valence electrons. The second-order valence-electron chi connectivity index (χ2n) is 4.55. The highest BCUT2D eigenvalue weighted by atomic mass is 35.5. The molecule has 2 heterocycles. The van der Waals surface area contributed by atoms with Crippen LogP contribution in [-0.4, -0.2) is 23.0 Å². The van der Waals surface area contributed by atoms with Crippen molar-refractivity contribution in [2.45, 2.75) is 11.9 Å². The molecule has 9 heteroatoms. The molecule has 0 unspecified atom stereocenters. The third kappa shape index (κ3) is 2.61. The number of fused-ring (bicyclic) bond motifs is 1. The summed E-state index contributed by atoms with van der Waals surface area (Å²) in [4.78, 5) is 8.06. The quantitative estimate of drug-likeness (QED) is 0.794. The molecule has 0 fully saturated rings. The molecule has 3 rings (SSSR count). The number of aromatic nitrogens is 3. The van der Waals surface area contributed by atoms with Crippen LogP contribution in [0.5, 0.6) is 0 Å². The molecule has 0 atom stereocenters. The number of thiazole rings is 1. The maximum Gasteiger partial charge on any atom is 0.284 e. The average Bonchev–Trinajstić information content (AvgIpc) is 2.93. The zero-order valence-corrected chi connectivity index (χ0v) is 13.6. The molecule has 0 saturated carbocycles. The Morgan fingerprint density at radius 2 is 2.14 bits per heavy atom. The lowest BCUT2D eigenvalue weighted by atomic mass is 10.2. The Bertz CT molecular complexity index is 930. The predicted octanol–water partition coefficient (Wildman–Crippen LogP) is 2.79. The molecule has 0 aliphatic rings. The standard InChI is InChI=1S/C12H11ClN4O2S2/c1-7-3-4-8-9(5-7)20-12(15-8)16-21(18,19)11-10(13)17(2)6-14-11/h3-6H,1-2H3,(H,15,16). The van der Waals surface area contributed by atoms with Crippen molar-refractivity contribution < 1.29 is 8.42 Å². The van der Waals surface area contributed by atoms with Crippen molar-refractivity contribution in [2.24, 2.45) is 7.05 Å². The molecule has 0 aliphatic carbocycles. The largest absolute Gasteiger partial charge is 0.324 e. The first kappa shape index (κ1) is 14.3. The first-order chi connectivity index (χ1) is 9.87. The lowest BCUT2D eigenvalue weighted by Gasteiger charge is -2.02. The monoisotopic (exact) mass is 342 g/mol. The summed E-state index contributed by atoms with van der Waals surface area (Å²) in [5, 5.41) is 0.138. The molecule has 6 nitrogen and oxygen atoms in total. The van der Waals surface area contributed by atoms with Gasteiger partial charge in [-0.3, -0.25) is 4.72 Å². The molecular formula is C12H11ClN4O2S2. The van der Waals surface area contributed by atoms with E-state index in [2.05, 4.69) is 14.7 Å². The number of nitrogens with zero attached hydrogens (tertiary/aromatic N) is 3. The van der Waals surface area contributed by atoms with Gasteiger partial charge >= 0.3 is 0 Å². The molecule has 0 bridgehead atoms. The number of anilines is 1. The summed E-state index contributed by atoms with van der Waals surface area (Å²) in [6.45, 7) is 1.97. The van der Waals surface area contributed by atoms with Crippen LogP contribution in [0.2, 0.25) is 5.15 Å². The minimum atomic E-state index is -3.85. The van der Waals surface area contributed by atoms with Gasteiger partial charge in [-0.1, -0.05) is 29.0 Å². The zero-order valence-electron chi connectivity index (χ0n) is 11.2. The van der Waals surface area contributed by atoms with Gasteiger partial charge in [0.05, 0.1) is 16.5 Å². The fourth-order valence-corrected chi connectivity index (χ4v) is 4.45. The van der Waals surface area contributed by atoms with Crippen LogP contribution in [0.3, 0.4) is 0 Å². The van der Waals surface area contributed by atoms with Crippen LogP contribution in [-0.2, 0) is 17.1 Å². The highest BCUT2D eigenvalue weighted by Crippen LogP contribution is 2.29. The van der Waals surface area contributed by atoms with E-state index in [1.807, 2.05) is 25.1 Å². The van der Waals surface area contributed by atoms with Gasteiger partial charge in [0.1, 0.15) is 5.15 Å². The van der Waals surface area contributed by atoms with Crippen molar-refractivity contribution in [2.75, 3.05) is 4.72 Å². The fourth-order valence-electron chi connectivity index (χ4n) is 1.81. The van der Waals surface area contributed by atoms with Crippen molar-refractivity contribution >= 4 is 48.3 Å². The SMILES string of the molecule is Cc1ccc2nc(NS(=O)(=O)c3ncn(C)c3Cl)sc2c1. The summed E-state index contributed by atoms with van der Waals surface area (Å²) in [6, 6.07) is 5.74. The summed E-state index contributed by atoms with van der Waals surface area (Å²) >= 11 is 7.19. The topological polar surface area (TPSA) is 76.9 Å². The number of hydrogen-bond acceptors (Lipinski definition) is 5. The van der Waals surface area contributed by atoms with Crippen LogP contribution < -0.4 is 4.72 Å². The Hall–Kier alpha value is -1.64. The van der Waals surface area contributed by atoms with E-state index in [0.29, 0.717) is 0 Å². The Balaban J connectivity index is 1.99. The maximum atomic E-state index is 12.3. The molecular weight excluding hydrogens is 332 g/mol. The number of benzene rings is 1. The lowest BCUT2D eigenvalue weighted by molar-refractivity contribution is 0.598. The van der Waals surface area contributed by atoms with Gasteiger partial charge in [0.2, 0.25) is 5.03 Å². The van der Waals surface area contributed by atoms with Gasteiger partial charge in [-0.05, 0) is 24.6 Å². The van der Waals surface area contributed by atoms with Crippen LogP contribution in [0.1, 0.15) is 5.56 Å². The van der Waals surface area contributed by atoms with E-state index < -0.39 is 10.0 Å². The van der Waals surface area contributed by atoms with E-state index in [9.17, 15) is 8.42 Å². The molecule has 1 aromatic carbocycles. The van der Waals surface area contributed by atoms with E-state index in [-0.39, 0.29) is 15.3 Å². The van der Waals surface area contributed by atoms with Gasteiger partial charge in [0, 0.05) is 7.05 Å². The van der Waals surface area contributed by atoms with Crippen LogP contribution in [0.4, 0.5) is 5.13 Å². The van der Waals surface area contributed by atoms with Crippen LogP contribution in [0, 0.1) is 6.92 Å². The summed E-state index contributed by atoms with van der Waals surface area (Å²) in [6.07, 6.45) is 1.35. The Morgan fingerprint density at radius 1 is 1.38 bits per heavy atom. The zero-order chi connectivity index (χ0) is 15.2. The van der Waals surface area contributed by atoms with Crippen molar-refractivity contribution in [3.63, 3.8) is 0 Å². The van der Waals surface area contributed by atoms with Gasteiger partial charge < -0.3 is 4.57 Å². The molecule has 0 spiro atoms. The van der Waals surface area contributed by atoms with E-state index >= 15 is 0 Å². The Morgan fingerprint density at radius 3 is 2.81 bits per heavy atom. The van der Waals surface area contributed by atoms with Gasteiger partial charge in [-0.2, -0.15) is 8.42 Å². The van der Waals surface area contributed by atoms with Crippen molar-refractivity contribution in [1.29, 1.82) is 0 Å². The number of nitrogens with one attached hydrogen (secondary N) is 1. The third-order valence-corrected chi connectivity index (χ3v) is 5.74. The van der Waals surface area contributed by atoms with Crippen molar-refractivity contribution in [3.05, 3.63) is 35.2 Å². The van der Waals surface area contributed by atoms with Crippen LogP contribution in [0.15, 0.2) is 29.6 Å². The van der Waals surface area contributed by atoms with E-state index in [4.69, 9.17) is 11.6 Å². The number of rotatable bonds is 3. The third-order valence-electron chi connectivity index (χ3n) is 2.85. The minimum Gasteiger partial charge on any atom is -0.324 e. The smallest absolute Gasteiger partial charge is 0.284 e. The fraction of sp³-hybridized carbons (Fsp3) is 0.167. The number of sulfonamides is 1. The summed E-state index contributed by atoms with van der Waals surface area (Å²) < 4.78 is 29.3. The van der Waals surface area contributed by atoms with E-state index in [0.717, 1.165) is 15.8 Å². The number of imidazole rings is 1. The number of hydrogen-bond donors (Lipinski definition) is 1. The number of aryl methyl sites for hydroxylation is 2. The molecule has 3 aromatic rings. The van der Waals surface area contributed by atoms with Crippen LogP contribution >= 0.6 is 22.9 Å². The molecule has 0 amide bonds. The first-order valence-electron chi connectivity index (χ1n) is 5.93. The van der Waals surface area contributed by atoms with Gasteiger partial charge in [0.25, 0.3) is 10.0 Å². The minimum absolute atomic E-state index is 0.0551. The molecule has 0 saturated heterocycles. The second kappa shape index (κ2) is 4.97. The Kier molecular flexibility index (Phi) is 3.39. The van der Waals surface area contributed by atoms with E-state index in [1.165, 1.54) is 22.2 Å². The van der Waals surface area contributed by atoms with Gasteiger partial charge in [-0.15, -0.1) is 0 Å². The van der Waals surface area contributed by atoms with E-state index in [1.54, 1.807) is 7.05 Å². The van der Waals surface area contributed by atoms with Gasteiger partial charge in [-0.25, -0.2) is 9.97 Å². The molecule has 1 N–H and O–H groups in total. The molecule has 21 heavy (non-hydrogen) atoms. The lowest BCUT2D eigenvalue weighted by Crippen LogP contribution is -2.13. The van der Waals surface area contributed by atoms with Crippen LogP contribution in [0.25, 0.3) is 10.2 Å². The molecule has 0 radical (unpaired) electrons. The maximum absolute atomic E-state index is 12.3. The summed E-state index contributed by atoms with van der Waals surface area (Å²) in [5.74, 6) is 0. The van der Waals surface area contributed by atoms with Crippen molar-refractivity contribution in [3.8, 4) is 0 Å². The first-order valence-corrected chi connectivity index (χ1v) is 8.61. The Labute approximate surface area is 130 Å². The summed E-state index contributed by atoms with van der Waals surface area (Å²) in [5.41, 5.74) is 1.84.